The highest BCUT2D eigenvalue weighted by molar-refractivity contribution is 5.90. The quantitative estimate of drug-likeness (QED) is 0.753. The number of hydrogen-bond acceptors (Lipinski definition) is 4. The van der Waals surface area contributed by atoms with Crippen molar-refractivity contribution in [3.8, 4) is 11.5 Å². The van der Waals surface area contributed by atoms with Crippen LogP contribution >= 0.6 is 0 Å². The molecule has 31 heavy (non-hydrogen) atoms. The van der Waals surface area contributed by atoms with E-state index in [4.69, 9.17) is 9.47 Å². The van der Waals surface area contributed by atoms with E-state index in [0.29, 0.717) is 37.1 Å². The zero-order valence-electron chi connectivity index (χ0n) is 17.8. The van der Waals surface area contributed by atoms with Crippen LogP contribution in [0.25, 0.3) is 0 Å². The van der Waals surface area contributed by atoms with E-state index in [-0.39, 0.29) is 5.54 Å². The lowest BCUT2D eigenvalue weighted by Crippen LogP contribution is -2.51. The summed E-state index contributed by atoms with van der Waals surface area (Å²) in [6, 6.07) is 15.7. The van der Waals surface area contributed by atoms with Gasteiger partial charge in [-0.2, -0.15) is 0 Å². The van der Waals surface area contributed by atoms with E-state index in [1.807, 2.05) is 6.07 Å². The first-order valence-corrected chi connectivity index (χ1v) is 11.8. The molecule has 0 unspecified atom stereocenters. The molecule has 7 rings (SSSR count). The van der Waals surface area contributed by atoms with Crippen molar-refractivity contribution >= 4 is 5.91 Å². The first-order valence-electron chi connectivity index (χ1n) is 11.8. The number of likely N-dealkylation sites (tertiary alicyclic amines) is 1. The van der Waals surface area contributed by atoms with Gasteiger partial charge in [-0.1, -0.05) is 30.3 Å². The molecule has 5 heteroatoms. The van der Waals surface area contributed by atoms with E-state index >= 15 is 0 Å². The van der Waals surface area contributed by atoms with Gasteiger partial charge in [0.15, 0.2) is 11.5 Å². The highest BCUT2D eigenvalue weighted by Gasteiger charge is 2.65. The monoisotopic (exact) mass is 416 g/mol. The molecule has 3 atom stereocenters. The Balaban J connectivity index is 1.18. The molecular weight excluding hydrogens is 388 g/mol. The summed E-state index contributed by atoms with van der Waals surface area (Å²) in [6.45, 7) is 3.15. The summed E-state index contributed by atoms with van der Waals surface area (Å²) >= 11 is 0. The van der Waals surface area contributed by atoms with Crippen molar-refractivity contribution in [2.24, 2.45) is 5.92 Å². The largest absolute Gasteiger partial charge is 0.486 e. The molecule has 0 bridgehead atoms. The minimum Gasteiger partial charge on any atom is -0.486 e. The van der Waals surface area contributed by atoms with Gasteiger partial charge in [-0.25, -0.2) is 0 Å². The summed E-state index contributed by atoms with van der Waals surface area (Å²) in [5.41, 5.74) is 3.83. The lowest BCUT2D eigenvalue weighted by atomic mass is 9.85. The van der Waals surface area contributed by atoms with E-state index in [1.165, 1.54) is 16.7 Å². The average molecular weight is 417 g/mol. The van der Waals surface area contributed by atoms with E-state index in [0.717, 1.165) is 56.7 Å². The first-order chi connectivity index (χ1) is 15.2. The molecule has 5 aliphatic rings. The van der Waals surface area contributed by atoms with Crippen molar-refractivity contribution in [2.45, 2.75) is 49.7 Å². The zero-order chi connectivity index (χ0) is 20.6. The molecule has 1 spiro atoms. The number of fused-ring (bicyclic) bond motifs is 2. The average Bonchev–Trinajstić information content (AvgIpc) is 3.54. The van der Waals surface area contributed by atoms with Crippen molar-refractivity contribution in [2.75, 3.05) is 26.3 Å². The van der Waals surface area contributed by atoms with Gasteiger partial charge in [0, 0.05) is 24.5 Å². The fourth-order valence-electron chi connectivity index (χ4n) is 7.18. The van der Waals surface area contributed by atoms with Gasteiger partial charge >= 0.3 is 0 Å². The fourth-order valence-corrected chi connectivity index (χ4v) is 7.18. The van der Waals surface area contributed by atoms with Crippen LogP contribution in [0.15, 0.2) is 42.5 Å². The minimum absolute atomic E-state index is 0.285. The summed E-state index contributed by atoms with van der Waals surface area (Å²) in [5.74, 6) is 2.51. The number of benzene rings is 2. The third-order valence-corrected chi connectivity index (χ3v) is 8.50. The zero-order valence-corrected chi connectivity index (χ0v) is 17.8. The molecular formula is C26H28N2O3. The summed E-state index contributed by atoms with van der Waals surface area (Å²) in [6.07, 6.45) is 5.20. The van der Waals surface area contributed by atoms with Crippen molar-refractivity contribution in [1.29, 1.82) is 0 Å². The molecule has 2 aromatic carbocycles. The molecule has 4 heterocycles. The smallest absolute Gasteiger partial charge is 0.243 e. The predicted octanol–water partition coefficient (Wildman–Crippen LogP) is 3.36. The van der Waals surface area contributed by atoms with Crippen LogP contribution in [0, 0.1) is 5.92 Å². The van der Waals surface area contributed by atoms with E-state index in [9.17, 15) is 4.79 Å². The van der Waals surface area contributed by atoms with Gasteiger partial charge in [0.05, 0.1) is 0 Å². The summed E-state index contributed by atoms with van der Waals surface area (Å²) < 4.78 is 11.6. The van der Waals surface area contributed by atoms with E-state index in [2.05, 4.69) is 46.2 Å². The number of amides is 1. The number of carbonyl (C=O) groups is 1. The maximum atomic E-state index is 14.0. The van der Waals surface area contributed by atoms with Crippen LogP contribution in [0.4, 0.5) is 0 Å². The molecule has 0 N–H and O–H groups in total. The second-order valence-corrected chi connectivity index (χ2v) is 9.86. The van der Waals surface area contributed by atoms with Crippen LogP contribution in [0.1, 0.15) is 42.0 Å². The van der Waals surface area contributed by atoms with Crippen molar-refractivity contribution in [3.05, 3.63) is 59.2 Å². The molecule has 0 aromatic heterocycles. The summed E-state index contributed by atoms with van der Waals surface area (Å²) in [7, 11) is 0. The topological polar surface area (TPSA) is 42.0 Å². The molecule has 0 saturated carbocycles. The van der Waals surface area contributed by atoms with Crippen molar-refractivity contribution in [1.82, 2.24) is 9.80 Å². The Bertz CT molecular complexity index is 1040. The Morgan fingerprint density at radius 1 is 0.968 bits per heavy atom. The Kier molecular flexibility index (Phi) is 3.78. The molecule has 5 nitrogen and oxygen atoms in total. The molecule has 3 saturated heterocycles. The molecule has 1 aliphatic carbocycles. The maximum Gasteiger partial charge on any atom is 0.243 e. The SMILES string of the molecule is O=C1N(C2Cc3ccccc3C2)C[C@@H]2C[C@@H](c3ccc4c(c3)OCCO4)N3CCC[C@@]123. The Hall–Kier alpha value is -2.53. The molecule has 2 aromatic rings. The lowest BCUT2D eigenvalue weighted by Gasteiger charge is -2.35. The first kappa shape index (κ1) is 18.1. The molecule has 4 aliphatic heterocycles. The fraction of sp³-hybridized carbons (Fsp3) is 0.500. The van der Waals surface area contributed by atoms with Gasteiger partial charge in [-0.05, 0) is 67.5 Å². The maximum absolute atomic E-state index is 14.0. The van der Waals surface area contributed by atoms with Crippen LogP contribution in [0.2, 0.25) is 0 Å². The molecule has 1 amide bonds. The number of carbonyl (C=O) groups excluding carboxylic acids is 1. The van der Waals surface area contributed by atoms with Crippen molar-refractivity contribution < 1.29 is 14.3 Å². The van der Waals surface area contributed by atoms with E-state index in [1.54, 1.807) is 0 Å². The number of hydrogen-bond donors (Lipinski definition) is 0. The standard InChI is InChI=1S/C26H28N2O3/c29-25-26-8-3-9-28(26)22(19-6-7-23-24(14-19)31-11-10-30-23)15-20(26)16-27(25)21-12-17-4-1-2-5-18(17)13-21/h1-2,4-7,14,20-22H,3,8-13,15-16H2/t20-,22-,26-/m0/s1. The van der Waals surface area contributed by atoms with Crippen LogP contribution in [0.3, 0.4) is 0 Å². The van der Waals surface area contributed by atoms with Gasteiger partial charge in [-0.15, -0.1) is 0 Å². The second-order valence-electron chi connectivity index (χ2n) is 9.86. The lowest BCUT2D eigenvalue weighted by molar-refractivity contribution is -0.138. The van der Waals surface area contributed by atoms with Gasteiger partial charge < -0.3 is 14.4 Å². The number of ether oxygens (including phenoxy) is 2. The molecule has 0 radical (unpaired) electrons. The van der Waals surface area contributed by atoms with Crippen LogP contribution in [-0.2, 0) is 17.6 Å². The highest BCUT2D eigenvalue weighted by atomic mass is 16.6. The minimum atomic E-state index is -0.285. The van der Waals surface area contributed by atoms with Gasteiger partial charge in [0.1, 0.15) is 18.8 Å². The third kappa shape index (κ3) is 2.44. The van der Waals surface area contributed by atoms with Gasteiger partial charge in [0.25, 0.3) is 0 Å². The predicted molar refractivity (Wildman–Crippen MR) is 116 cm³/mol. The van der Waals surface area contributed by atoms with Crippen LogP contribution in [0.5, 0.6) is 11.5 Å². The van der Waals surface area contributed by atoms with Crippen LogP contribution in [-0.4, -0.2) is 53.6 Å². The van der Waals surface area contributed by atoms with Crippen molar-refractivity contribution in [3.63, 3.8) is 0 Å². The Morgan fingerprint density at radius 3 is 2.55 bits per heavy atom. The molecule has 160 valence electrons. The Labute approximate surface area is 182 Å². The summed E-state index contributed by atoms with van der Waals surface area (Å²) in [5, 5.41) is 0. The summed E-state index contributed by atoms with van der Waals surface area (Å²) in [4.78, 5) is 18.8. The van der Waals surface area contributed by atoms with Gasteiger partial charge in [0.2, 0.25) is 5.91 Å². The van der Waals surface area contributed by atoms with E-state index < -0.39 is 0 Å². The number of nitrogens with zero attached hydrogens (tertiary/aromatic N) is 2. The third-order valence-electron chi connectivity index (χ3n) is 8.50. The molecule has 3 fully saturated rings. The highest BCUT2D eigenvalue weighted by Crippen LogP contribution is 2.57. The van der Waals surface area contributed by atoms with Crippen LogP contribution < -0.4 is 9.47 Å². The Morgan fingerprint density at radius 2 is 1.74 bits per heavy atom. The second kappa shape index (κ2) is 6.49. The normalized spacial score (nSPS) is 31.7. The van der Waals surface area contributed by atoms with Gasteiger partial charge in [-0.3, -0.25) is 9.69 Å². The number of rotatable bonds is 2.